The molecule has 1 unspecified atom stereocenters. The molecule has 8 heteroatoms. The van der Waals surface area contributed by atoms with E-state index >= 15 is 0 Å². The summed E-state index contributed by atoms with van der Waals surface area (Å²) in [5.74, 6) is 0.371. The first-order chi connectivity index (χ1) is 13.9. The second kappa shape index (κ2) is 8.00. The summed E-state index contributed by atoms with van der Waals surface area (Å²) in [6.45, 7) is 4.02. The van der Waals surface area contributed by atoms with E-state index in [9.17, 15) is 9.59 Å². The summed E-state index contributed by atoms with van der Waals surface area (Å²) in [5.41, 5.74) is 3.29. The Morgan fingerprint density at radius 2 is 1.93 bits per heavy atom. The van der Waals surface area contributed by atoms with Crippen LogP contribution in [-0.2, 0) is 11.2 Å². The van der Waals surface area contributed by atoms with Crippen LogP contribution in [0.25, 0.3) is 11.5 Å². The molecule has 1 amide bonds. The minimum absolute atomic E-state index is 0.0136. The Balaban J connectivity index is 1.47. The highest BCUT2D eigenvalue weighted by Crippen LogP contribution is 2.32. The Labute approximate surface area is 177 Å². The number of rotatable bonds is 5. The molecule has 0 spiro atoms. The zero-order valence-corrected chi connectivity index (χ0v) is 17.5. The predicted molar refractivity (Wildman–Crippen MR) is 113 cm³/mol. The highest BCUT2D eigenvalue weighted by Gasteiger charge is 2.25. The lowest BCUT2D eigenvalue weighted by atomic mass is 10.0. The average molecular weight is 428 g/mol. The first-order valence-electron chi connectivity index (χ1n) is 9.13. The van der Waals surface area contributed by atoms with Crippen LogP contribution in [0, 0.1) is 0 Å². The van der Waals surface area contributed by atoms with Gasteiger partial charge in [-0.05, 0) is 61.4 Å². The summed E-state index contributed by atoms with van der Waals surface area (Å²) in [6.07, 6.45) is 0.756. The van der Waals surface area contributed by atoms with Gasteiger partial charge in [-0.3, -0.25) is 9.59 Å². The maximum Gasteiger partial charge on any atom is 0.277 e. The minimum Gasteiger partial charge on any atom is -0.411 e. The largest absolute Gasteiger partial charge is 0.411 e. The van der Waals surface area contributed by atoms with Gasteiger partial charge in [-0.1, -0.05) is 23.4 Å². The van der Waals surface area contributed by atoms with Crippen LogP contribution in [0.2, 0.25) is 5.02 Å². The zero-order valence-electron chi connectivity index (χ0n) is 15.9. The van der Waals surface area contributed by atoms with Crippen molar-refractivity contribution in [2.75, 3.05) is 11.4 Å². The number of thioether (sulfide) groups is 1. The van der Waals surface area contributed by atoms with E-state index in [1.54, 1.807) is 42.2 Å². The summed E-state index contributed by atoms with van der Waals surface area (Å²) >= 11 is 7.12. The van der Waals surface area contributed by atoms with E-state index in [0.29, 0.717) is 28.2 Å². The highest BCUT2D eigenvalue weighted by atomic mass is 35.5. The lowest BCUT2D eigenvalue weighted by Crippen LogP contribution is -2.25. The van der Waals surface area contributed by atoms with Gasteiger partial charge in [-0.25, -0.2) is 0 Å². The number of amides is 1. The van der Waals surface area contributed by atoms with Gasteiger partial charge in [0.25, 0.3) is 5.22 Å². The van der Waals surface area contributed by atoms with Gasteiger partial charge >= 0.3 is 0 Å². The third kappa shape index (κ3) is 4.06. The van der Waals surface area contributed by atoms with E-state index in [1.165, 1.54) is 11.8 Å². The topological polar surface area (TPSA) is 76.3 Å². The number of nitrogens with zero attached hydrogens (tertiary/aromatic N) is 3. The number of hydrogen-bond acceptors (Lipinski definition) is 6. The quantitative estimate of drug-likeness (QED) is 0.435. The summed E-state index contributed by atoms with van der Waals surface area (Å²) in [7, 11) is 0. The summed E-state index contributed by atoms with van der Waals surface area (Å²) in [6, 6.07) is 12.6. The van der Waals surface area contributed by atoms with E-state index in [1.807, 2.05) is 19.1 Å². The molecule has 2 heterocycles. The number of fused-ring (bicyclic) bond motifs is 1. The first-order valence-corrected chi connectivity index (χ1v) is 10.4. The molecule has 1 aliphatic rings. The number of aromatic nitrogens is 2. The van der Waals surface area contributed by atoms with Crippen molar-refractivity contribution in [3.05, 3.63) is 58.6 Å². The number of ketones is 1. The van der Waals surface area contributed by atoms with Gasteiger partial charge in [0, 0.05) is 35.3 Å². The van der Waals surface area contributed by atoms with Crippen molar-refractivity contribution in [1.29, 1.82) is 0 Å². The number of anilines is 1. The third-order valence-electron chi connectivity index (χ3n) is 4.78. The Hall–Kier alpha value is -2.64. The van der Waals surface area contributed by atoms with Crippen LogP contribution in [0.3, 0.4) is 0 Å². The molecular formula is C21H18ClN3O3S. The van der Waals surface area contributed by atoms with Crippen molar-refractivity contribution in [2.45, 2.75) is 30.7 Å². The van der Waals surface area contributed by atoms with Gasteiger partial charge in [0.1, 0.15) is 0 Å². The molecule has 0 N–H and O–H groups in total. The number of Topliss-reactive ketones (excluding diaryl/α,β-unsaturated/α-hetero) is 1. The second-order valence-electron chi connectivity index (χ2n) is 6.77. The van der Waals surface area contributed by atoms with Gasteiger partial charge in [-0.15, -0.1) is 10.2 Å². The van der Waals surface area contributed by atoms with Crippen molar-refractivity contribution >= 4 is 40.7 Å². The molecule has 1 aromatic heterocycles. The number of carbonyl (C=O) groups is 2. The summed E-state index contributed by atoms with van der Waals surface area (Å²) in [5, 5.41) is 8.65. The van der Waals surface area contributed by atoms with Gasteiger partial charge in [0.2, 0.25) is 11.8 Å². The highest BCUT2D eigenvalue weighted by molar-refractivity contribution is 8.00. The second-order valence-corrected chi connectivity index (χ2v) is 8.50. The number of benzene rings is 2. The maximum absolute atomic E-state index is 12.9. The van der Waals surface area contributed by atoms with Gasteiger partial charge in [0.05, 0.1) is 5.25 Å². The molecule has 0 bridgehead atoms. The lowest BCUT2D eigenvalue weighted by molar-refractivity contribution is -0.116. The molecule has 1 aliphatic heterocycles. The predicted octanol–water partition coefficient (Wildman–Crippen LogP) is 4.66. The van der Waals surface area contributed by atoms with E-state index < -0.39 is 5.25 Å². The van der Waals surface area contributed by atoms with Crippen LogP contribution in [0.4, 0.5) is 5.69 Å². The fourth-order valence-corrected chi connectivity index (χ4v) is 4.17. The van der Waals surface area contributed by atoms with Gasteiger partial charge in [0.15, 0.2) is 5.78 Å². The van der Waals surface area contributed by atoms with E-state index in [0.717, 1.165) is 23.2 Å². The van der Waals surface area contributed by atoms with Crippen LogP contribution in [-0.4, -0.2) is 33.7 Å². The maximum atomic E-state index is 12.9. The van der Waals surface area contributed by atoms with Crippen LogP contribution in [0.5, 0.6) is 0 Å². The molecule has 3 aromatic rings. The third-order valence-corrected chi connectivity index (χ3v) is 5.97. The molecule has 29 heavy (non-hydrogen) atoms. The molecule has 0 saturated carbocycles. The van der Waals surface area contributed by atoms with Crippen LogP contribution < -0.4 is 4.90 Å². The molecule has 0 saturated heterocycles. The molecule has 0 aliphatic carbocycles. The number of hydrogen-bond donors (Lipinski definition) is 0. The zero-order chi connectivity index (χ0) is 20.5. The Bertz CT molecular complexity index is 1080. The molecular weight excluding hydrogens is 410 g/mol. The van der Waals surface area contributed by atoms with Crippen LogP contribution in [0.1, 0.15) is 29.8 Å². The van der Waals surface area contributed by atoms with E-state index in [2.05, 4.69) is 10.2 Å². The number of carbonyl (C=O) groups excluding carboxylic acids is 2. The molecule has 0 fully saturated rings. The van der Waals surface area contributed by atoms with Gasteiger partial charge in [-0.2, -0.15) is 0 Å². The normalized spacial score (nSPS) is 14.0. The average Bonchev–Trinajstić information content (AvgIpc) is 3.34. The molecule has 148 valence electrons. The van der Waals surface area contributed by atoms with E-state index in [4.69, 9.17) is 16.0 Å². The fraction of sp³-hybridized carbons (Fsp3) is 0.238. The smallest absolute Gasteiger partial charge is 0.277 e. The van der Waals surface area contributed by atoms with Crippen molar-refractivity contribution in [3.8, 4) is 11.5 Å². The lowest BCUT2D eigenvalue weighted by Gasteiger charge is -2.15. The number of halogens is 1. The standard InChI is InChI=1S/C21H18ClN3O3S/c1-12(29-21-24-23-20(28-21)14-3-6-17(22)7-4-14)19(27)16-5-8-18-15(11-16)9-10-25(18)13(2)26/h3-8,11-12H,9-10H2,1-2H3. The van der Waals surface area contributed by atoms with Crippen molar-refractivity contribution in [3.63, 3.8) is 0 Å². The Morgan fingerprint density at radius 1 is 1.17 bits per heavy atom. The molecule has 0 radical (unpaired) electrons. The molecule has 1 atom stereocenters. The summed E-state index contributed by atoms with van der Waals surface area (Å²) in [4.78, 5) is 26.3. The molecule has 2 aromatic carbocycles. The SMILES string of the molecule is CC(=O)N1CCc2cc(C(=O)C(C)Sc3nnc(-c4ccc(Cl)cc4)o3)ccc21. The van der Waals surface area contributed by atoms with Crippen molar-refractivity contribution in [2.24, 2.45) is 0 Å². The molecule has 6 nitrogen and oxygen atoms in total. The Kier molecular flexibility index (Phi) is 5.43. The van der Waals surface area contributed by atoms with Gasteiger partial charge < -0.3 is 9.32 Å². The van der Waals surface area contributed by atoms with Crippen LogP contribution in [0.15, 0.2) is 52.1 Å². The van der Waals surface area contributed by atoms with Crippen molar-refractivity contribution in [1.82, 2.24) is 10.2 Å². The summed E-state index contributed by atoms with van der Waals surface area (Å²) < 4.78 is 5.68. The Morgan fingerprint density at radius 3 is 2.66 bits per heavy atom. The minimum atomic E-state index is -0.392. The molecule has 4 rings (SSSR count). The fourth-order valence-electron chi connectivity index (χ4n) is 3.29. The van der Waals surface area contributed by atoms with Crippen LogP contribution >= 0.6 is 23.4 Å². The van der Waals surface area contributed by atoms with E-state index in [-0.39, 0.29) is 11.7 Å². The first kappa shape index (κ1) is 19.7. The van der Waals surface area contributed by atoms with Crippen molar-refractivity contribution < 1.29 is 14.0 Å². The monoisotopic (exact) mass is 427 g/mol.